The van der Waals surface area contributed by atoms with Gasteiger partial charge in [0.1, 0.15) is 0 Å². The van der Waals surface area contributed by atoms with Crippen molar-refractivity contribution in [3.05, 3.63) is 0 Å². The molecule has 3 nitrogen and oxygen atoms in total. The van der Waals surface area contributed by atoms with E-state index in [1.165, 1.54) is 0 Å². The van der Waals surface area contributed by atoms with Crippen LogP contribution in [0, 0.1) is 0 Å². The Labute approximate surface area is 62.9 Å². The molecule has 60 valence electrons. The van der Waals surface area contributed by atoms with Crippen LogP contribution in [0.15, 0.2) is 0 Å². The fourth-order valence-electron chi connectivity index (χ4n) is 1.49. The topological polar surface area (TPSA) is 46.2 Å². The summed E-state index contributed by atoms with van der Waals surface area (Å²) in [6, 6.07) is 0. The van der Waals surface area contributed by atoms with Crippen molar-refractivity contribution in [2.75, 3.05) is 0 Å². The quantitative estimate of drug-likeness (QED) is 0.580. The summed E-state index contributed by atoms with van der Waals surface area (Å²) in [6.07, 6.45) is 4.26. The molecule has 0 heterocycles. The summed E-state index contributed by atoms with van der Waals surface area (Å²) in [5, 5.41) is 0. The molecule has 0 unspecified atom stereocenters. The molecule has 1 rings (SSSR count). The maximum Gasteiger partial charge on any atom is 0.201 e. The van der Waals surface area contributed by atoms with E-state index in [4.69, 9.17) is 0 Å². The Hall–Kier alpha value is -0.0900. The van der Waals surface area contributed by atoms with Gasteiger partial charge in [-0.25, -0.2) is 13.1 Å². The molecule has 0 aromatic rings. The van der Waals surface area contributed by atoms with Crippen LogP contribution in [0.25, 0.3) is 0 Å². The summed E-state index contributed by atoms with van der Waals surface area (Å²) in [4.78, 5) is 0. The summed E-state index contributed by atoms with van der Waals surface area (Å²) in [5.74, 6) is 0. The molecule has 1 N–H and O–H groups in total. The standard InChI is InChI=1S/C6H13NO2S/c1-6(7-10(8)9)4-2-3-5-6/h10H,2-5H2,1H3,(H,7,8,9). The largest absolute Gasteiger partial charge is 0.215 e. The summed E-state index contributed by atoms with van der Waals surface area (Å²) in [5.41, 5.74) is -0.130. The first kappa shape index (κ1) is 8.01. The third-order valence-corrected chi connectivity index (χ3v) is 2.79. The van der Waals surface area contributed by atoms with Gasteiger partial charge in [-0.05, 0) is 19.8 Å². The van der Waals surface area contributed by atoms with Crippen molar-refractivity contribution in [3.8, 4) is 0 Å². The number of thiol groups is 1. The minimum Gasteiger partial charge on any atom is -0.215 e. The fraction of sp³-hybridized carbons (Fsp3) is 1.00. The first-order chi connectivity index (χ1) is 4.62. The minimum absolute atomic E-state index is 0.130. The Morgan fingerprint density at radius 3 is 2.20 bits per heavy atom. The van der Waals surface area contributed by atoms with Gasteiger partial charge in [0, 0.05) is 5.54 Å². The molecule has 0 aromatic carbocycles. The molecule has 0 aliphatic heterocycles. The van der Waals surface area contributed by atoms with E-state index in [-0.39, 0.29) is 5.54 Å². The molecule has 1 aliphatic carbocycles. The highest BCUT2D eigenvalue weighted by molar-refractivity contribution is 7.70. The van der Waals surface area contributed by atoms with Crippen molar-refractivity contribution < 1.29 is 8.42 Å². The lowest BCUT2D eigenvalue weighted by atomic mass is 10.0. The molecule has 4 heteroatoms. The van der Waals surface area contributed by atoms with Gasteiger partial charge in [0.15, 0.2) is 0 Å². The van der Waals surface area contributed by atoms with Gasteiger partial charge in [-0.15, -0.1) is 0 Å². The number of hydrogen-bond acceptors (Lipinski definition) is 2. The Morgan fingerprint density at radius 2 is 1.80 bits per heavy atom. The van der Waals surface area contributed by atoms with Crippen LogP contribution in [-0.4, -0.2) is 14.0 Å². The second kappa shape index (κ2) is 2.88. The molecule has 1 fully saturated rings. The van der Waals surface area contributed by atoms with Crippen molar-refractivity contribution in [2.45, 2.75) is 38.1 Å². The van der Waals surface area contributed by atoms with E-state index in [1.807, 2.05) is 6.92 Å². The first-order valence-corrected chi connectivity index (χ1v) is 4.72. The number of rotatable bonds is 2. The van der Waals surface area contributed by atoms with Crippen LogP contribution in [0.5, 0.6) is 0 Å². The molecular weight excluding hydrogens is 150 g/mol. The Morgan fingerprint density at radius 1 is 1.30 bits per heavy atom. The van der Waals surface area contributed by atoms with Crippen molar-refractivity contribution in [2.24, 2.45) is 0 Å². The number of nitrogens with one attached hydrogen (secondary N) is 1. The van der Waals surface area contributed by atoms with Crippen LogP contribution < -0.4 is 4.72 Å². The smallest absolute Gasteiger partial charge is 0.201 e. The Bertz CT molecular complexity index is 174. The highest BCUT2D eigenvalue weighted by Crippen LogP contribution is 2.28. The van der Waals surface area contributed by atoms with E-state index >= 15 is 0 Å². The zero-order valence-electron chi connectivity index (χ0n) is 6.09. The predicted octanol–water partition coefficient (Wildman–Crippen LogP) is 0.435. The zero-order valence-corrected chi connectivity index (χ0v) is 6.99. The van der Waals surface area contributed by atoms with E-state index in [2.05, 4.69) is 4.72 Å². The van der Waals surface area contributed by atoms with Gasteiger partial charge in [-0.3, -0.25) is 0 Å². The Balaban J connectivity index is 2.51. The SMILES string of the molecule is CC1(N[SH](=O)=O)CCCC1. The second-order valence-corrected chi connectivity index (χ2v) is 3.87. The molecule has 1 aliphatic rings. The highest BCUT2D eigenvalue weighted by Gasteiger charge is 2.28. The summed E-state index contributed by atoms with van der Waals surface area (Å²) in [7, 11) is -2.41. The van der Waals surface area contributed by atoms with Gasteiger partial charge in [0.25, 0.3) is 0 Å². The number of hydrogen-bond donors (Lipinski definition) is 2. The molecule has 0 aromatic heterocycles. The maximum atomic E-state index is 10.3. The van der Waals surface area contributed by atoms with Crippen LogP contribution in [0.4, 0.5) is 0 Å². The van der Waals surface area contributed by atoms with Crippen molar-refractivity contribution >= 4 is 10.9 Å². The third-order valence-electron chi connectivity index (χ3n) is 2.07. The average molecular weight is 163 g/mol. The highest BCUT2D eigenvalue weighted by atomic mass is 32.2. The van der Waals surface area contributed by atoms with E-state index in [1.54, 1.807) is 0 Å². The summed E-state index contributed by atoms with van der Waals surface area (Å²) >= 11 is 0. The van der Waals surface area contributed by atoms with Crippen molar-refractivity contribution in [3.63, 3.8) is 0 Å². The lowest BCUT2D eigenvalue weighted by Crippen LogP contribution is -2.37. The molecular formula is C6H13NO2S. The maximum absolute atomic E-state index is 10.3. The first-order valence-electron chi connectivity index (χ1n) is 3.55. The van der Waals surface area contributed by atoms with E-state index in [9.17, 15) is 8.42 Å². The predicted molar refractivity (Wildman–Crippen MR) is 40.3 cm³/mol. The molecule has 0 radical (unpaired) electrons. The molecule has 0 atom stereocenters. The van der Waals surface area contributed by atoms with E-state index < -0.39 is 10.9 Å². The fourth-order valence-corrected chi connectivity index (χ4v) is 2.15. The van der Waals surface area contributed by atoms with Gasteiger partial charge in [-0.2, -0.15) is 0 Å². The second-order valence-electron chi connectivity index (χ2n) is 3.14. The van der Waals surface area contributed by atoms with E-state index in [0.29, 0.717) is 0 Å². The molecule has 0 spiro atoms. The van der Waals surface area contributed by atoms with E-state index in [0.717, 1.165) is 25.7 Å². The lowest BCUT2D eigenvalue weighted by molar-refractivity contribution is 0.434. The third kappa shape index (κ3) is 1.95. The normalized spacial score (nSPS) is 23.8. The van der Waals surface area contributed by atoms with Gasteiger partial charge < -0.3 is 0 Å². The summed E-state index contributed by atoms with van der Waals surface area (Å²) in [6.45, 7) is 1.96. The minimum atomic E-state index is -2.41. The molecule has 0 bridgehead atoms. The van der Waals surface area contributed by atoms with Gasteiger partial charge >= 0.3 is 0 Å². The summed E-state index contributed by atoms with van der Waals surface area (Å²) < 4.78 is 23.1. The van der Waals surface area contributed by atoms with Gasteiger partial charge in [-0.1, -0.05) is 12.8 Å². The monoisotopic (exact) mass is 163 g/mol. The average Bonchev–Trinajstić information content (AvgIpc) is 2.12. The van der Waals surface area contributed by atoms with Crippen LogP contribution in [0.2, 0.25) is 0 Å². The molecule has 0 saturated heterocycles. The van der Waals surface area contributed by atoms with Crippen LogP contribution in [0.1, 0.15) is 32.6 Å². The van der Waals surface area contributed by atoms with Gasteiger partial charge in [0.05, 0.1) is 0 Å². The van der Waals surface area contributed by atoms with Crippen molar-refractivity contribution in [1.29, 1.82) is 0 Å². The lowest BCUT2D eigenvalue weighted by Gasteiger charge is -2.20. The van der Waals surface area contributed by atoms with Crippen LogP contribution in [0.3, 0.4) is 0 Å². The zero-order chi connectivity index (χ0) is 7.61. The Kier molecular flexibility index (Phi) is 2.31. The van der Waals surface area contributed by atoms with Gasteiger partial charge in [0.2, 0.25) is 10.9 Å². The molecule has 0 amide bonds. The van der Waals surface area contributed by atoms with Crippen LogP contribution >= 0.6 is 0 Å². The molecule has 10 heavy (non-hydrogen) atoms. The van der Waals surface area contributed by atoms with Crippen molar-refractivity contribution in [1.82, 2.24) is 4.72 Å². The molecule has 1 saturated carbocycles. The van der Waals surface area contributed by atoms with Crippen LogP contribution in [-0.2, 0) is 10.9 Å².